The molecule has 0 saturated carbocycles. The number of likely N-dealkylation sites (tertiary alicyclic amines) is 1. The van der Waals surface area contributed by atoms with Gasteiger partial charge in [0.2, 0.25) is 11.8 Å². The van der Waals surface area contributed by atoms with E-state index >= 15 is 0 Å². The number of nitrogens with zero attached hydrogens (tertiary/aromatic N) is 2. The maximum absolute atomic E-state index is 12.4. The Balaban J connectivity index is 1.85. The van der Waals surface area contributed by atoms with Gasteiger partial charge in [-0.1, -0.05) is 12.1 Å². The Kier molecular flexibility index (Phi) is 7.00. The summed E-state index contributed by atoms with van der Waals surface area (Å²) in [4.78, 5) is 38.8. The van der Waals surface area contributed by atoms with Crippen LogP contribution in [0, 0.1) is 5.92 Å². The zero-order valence-corrected chi connectivity index (χ0v) is 15.3. The van der Waals surface area contributed by atoms with E-state index in [-0.39, 0.29) is 31.3 Å². The average molecular weight is 362 g/mol. The summed E-state index contributed by atoms with van der Waals surface area (Å²) < 4.78 is 5.37. The summed E-state index contributed by atoms with van der Waals surface area (Å²) in [6.45, 7) is 3.22. The largest absolute Gasteiger partial charge is 0.494 e. The second-order valence-electron chi connectivity index (χ2n) is 6.52. The van der Waals surface area contributed by atoms with E-state index in [1.165, 1.54) is 4.90 Å². The third kappa shape index (κ3) is 5.47. The molecule has 0 spiro atoms. The Morgan fingerprint density at radius 3 is 2.58 bits per heavy atom. The van der Waals surface area contributed by atoms with E-state index in [2.05, 4.69) is 0 Å². The van der Waals surface area contributed by atoms with Gasteiger partial charge in [-0.25, -0.2) is 0 Å². The van der Waals surface area contributed by atoms with Crippen LogP contribution >= 0.6 is 0 Å². The van der Waals surface area contributed by atoms with Crippen LogP contribution < -0.4 is 4.74 Å². The number of carbonyl (C=O) groups excluding carboxylic acids is 2. The lowest BCUT2D eigenvalue weighted by atomic mass is 9.98. The highest BCUT2D eigenvalue weighted by atomic mass is 16.5. The third-order valence-corrected chi connectivity index (χ3v) is 4.51. The molecule has 7 nitrogen and oxygen atoms in total. The standard InChI is InChI=1S/C19H26N2O5/c1-3-26-16-8-6-14(7-9-16)11-17(22)20(2)13-18(23)21-10-4-5-15(12-21)19(24)25/h6-9,15H,3-5,10-13H2,1-2H3,(H,24,25). The fourth-order valence-electron chi connectivity index (χ4n) is 2.98. The number of piperidine rings is 1. The lowest BCUT2D eigenvalue weighted by Crippen LogP contribution is -2.47. The number of carboxylic acids is 1. The van der Waals surface area contributed by atoms with Gasteiger partial charge in [0, 0.05) is 20.1 Å². The first-order chi connectivity index (χ1) is 12.4. The number of carboxylic acid groups (broad SMARTS) is 1. The zero-order valence-electron chi connectivity index (χ0n) is 15.3. The molecular weight excluding hydrogens is 336 g/mol. The predicted octanol–water partition coefficient (Wildman–Crippen LogP) is 1.41. The molecule has 1 atom stereocenters. The van der Waals surface area contributed by atoms with Crippen molar-refractivity contribution in [3.63, 3.8) is 0 Å². The van der Waals surface area contributed by atoms with Crippen LogP contribution in [0.4, 0.5) is 0 Å². The van der Waals surface area contributed by atoms with E-state index in [1.807, 2.05) is 31.2 Å². The maximum atomic E-state index is 12.4. The predicted molar refractivity (Wildman–Crippen MR) is 95.9 cm³/mol. The highest BCUT2D eigenvalue weighted by Gasteiger charge is 2.28. The number of aliphatic carboxylic acids is 1. The molecule has 0 aliphatic carbocycles. The molecule has 1 N–H and O–H groups in total. The molecule has 1 heterocycles. The Hall–Kier alpha value is -2.57. The normalized spacial score (nSPS) is 16.8. The average Bonchev–Trinajstić information content (AvgIpc) is 2.63. The van der Waals surface area contributed by atoms with Crippen LogP contribution in [-0.2, 0) is 20.8 Å². The van der Waals surface area contributed by atoms with Crippen molar-refractivity contribution in [3.8, 4) is 5.75 Å². The number of benzene rings is 1. The second-order valence-corrected chi connectivity index (χ2v) is 6.52. The molecular formula is C19H26N2O5. The molecule has 1 aliphatic heterocycles. The van der Waals surface area contributed by atoms with Crippen LogP contribution in [0.1, 0.15) is 25.3 Å². The monoisotopic (exact) mass is 362 g/mol. The van der Waals surface area contributed by atoms with Gasteiger partial charge in [0.15, 0.2) is 0 Å². The van der Waals surface area contributed by atoms with Crippen molar-refractivity contribution in [3.05, 3.63) is 29.8 Å². The molecule has 0 radical (unpaired) electrons. The van der Waals surface area contributed by atoms with Crippen LogP contribution in [0.3, 0.4) is 0 Å². The summed E-state index contributed by atoms with van der Waals surface area (Å²) in [6.07, 6.45) is 1.46. The molecule has 7 heteroatoms. The molecule has 0 aromatic heterocycles. The van der Waals surface area contributed by atoms with E-state index in [4.69, 9.17) is 9.84 Å². The van der Waals surface area contributed by atoms with E-state index in [9.17, 15) is 14.4 Å². The summed E-state index contributed by atoms with van der Waals surface area (Å²) in [5.41, 5.74) is 0.849. The maximum Gasteiger partial charge on any atom is 0.308 e. The van der Waals surface area contributed by atoms with Gasteiger partial charge >= 0.3 is 5.97 Å². The topological polar surface area (TPSA) is 87.2 Å². The second kappa shape index (κ2) is 9.22. The highest BCUT2D eigenvalue weighted by molar-refractivity contribution is 5.86. The lowest BCUT2D eigenvalue weighted by molar-refractivity contribution is -0.147. The van der Waals surface area contributed by atoms with Gasteiger partial charge in [0.1, 0.15) is 5.75 Å². The highest BCUT2D eigenvalue weighted by Crippen LogP contribution is 2.17. The molecule has 1 unspecified atom stereocenters. The zero-order chi connectivity index (χ0) is 19.1. The number of rotatable bonds is 7. The first-order valence-corrected chi connectivity index (χ1v) is 8.87. The van der Waals surface area contributed by atoms with Gasteiger partial charge in [-0.3, -0.25) is 14.4 Å². The van der Waals surface area contributed by atoms with Crippen LogP contribution in [0.15, 0.2) is 24.3 Å². The molecule has 142 valence electrons. The number of ether oxygens (including phenoxy) is 1. The first kappa shape index (κ1) is 19.8. The molecule has 1 saturated heterocycles. The van der Waals surface area contributed by atoms with Gasteiger partial charge in [-0.15, -0.1) is 0 Å². The third-order valence-electron chi connectivity index (χ3n) is 4.51. The van der Waals surface area contributed by atoms with Crippen LogP contribution in [-0.4, -0.2) is 66.0 Å². The smallest absolute Gasteiger partial charge is 0.308 e. The minimum absolute atomic E-state index is 0.0395. The van der Waals surface area contributed by atoms with Crippen molar-refractivity contribution in [2.45, 2.75) is 26.2 Å². The number of hydrogen-bond donors (Lipinski definition) is 1. The number of hydrogen-bond acceptors (Lipinski definition) is 4. The lowest BCUT2D eigenvalue weighted by Gasteiger charge is -2.32. The molecule has 0 bridgehead atoms. The van der Waals surface area contributed by atoms with Crippen molar-refractivity contribution in [1.29, 1.82) is 0 Å². The van der Waals surface area contributed by atoms with Crippen molar-refractivity contribution in [2.75, 3.05) is 33.3 Å². The summed E-state index contributed by atoms with van der Waals surface area (Å²) in [7, 11) is 1.59. The van der Waals surface area contributed by atoms with Gasteiger partial charge in [0.05, 0.1) is 25.5 Å². The Bertz CT molecular complexity index is 644. The van der Waals surface area contributed by atoms with Crippen LogP contribution in [0.2, 0.25) is 0 Å². The van der Waals surface area contributed by atoms with Gasteiger partial charge in [-0.05, 0) is 37.5 Å². The van der Waals surface area contributed by atoms with Gasteiger partial charge in [-0.2, -0.15) is 0 Å². The van der Waals surface area contributed by atoms with E-state index in [0.29, 0.717) is 26.0 Å². The summed E-state index contributed by atoms with van der Waals surface area (Å²) in [5, 5.41) is 9.11. The summed E-state index contributed by atoms with van der Waals surface area (Å²) in [5.74, 6) is -1.00. The molecule has 2 rings (SSSR count). The van der Waals surface area contributed by atoms with Gasteiger partial charge in [0.25, 0.3) is 0 Å². The first-order valence-electron chi connectivity index (χ1n) is 8.87. The van der Waals surface area contributed by atoms with Crippen molar-refractivity contribution in [2.24, 2.45) is 5.92 Å². The Labute approximate surface area is 153 Å². The molecule has 1 aliphatic rings. The summed E-state index contributed by atoms with van der Waals surface area (Å²) in [6, 6.07) is 7.30. The minimum Gasteiger partial charge on any atom is -0.494 e. The Morgan fingerprint density at radius 1 is 1.27 bits per heavy atom. The fourth-order valence-corrected chi connectivity index (χ4v) is 2.98. The quantitative estimate of drug-likeness (QED) is 0.792. The minimum atomic E-state index is -0.873. The number of likely N-dealkylation sites (N-methyl/N-ethyl adjacent to an activating group) is 1. The van der Waals surface area contributed by atoms with Crippen molar-refractivity contribution in [1.82, 2.24) is 9.80 Å². The van der Waals surface area contributed by atoms with E-state index in [1.54, 1.807) is 11.9 Å². The molecule has 1 aromatic rings. The molecule has 26 heavy (non-hydrogen) atoms. The van der Waals surface area contributed by atoms with Gasteiger partial charge < -0.3 is 19.6 Å². The Morgan fingerprint density at radius 2 is 1.96 bits per heavy atom. The van der Waals surface area contributed by atoms with Crippen molar-refractivity contribution >= 4 is 17.8 Å². The molecule has 2 amide bonds. The number of amides is 2. The molecule has 1 fully saturated rings. The number of carbonyl (C=O) groups is 3. The van der Waals surface area contributed by atoms with Crippen molar-refractivity contribution < 1.29 is 24.2 Å². The van der Waals surface area contributed by atoms with E-state index in [0.717, 1.165) is 11.3 Å². The van der Waals surface area contributed by atoms with Crippen LogP contribution in [0.25, 0.3) is 0 Å². The van der Waals surface area contributed by atoms with E-state index < -0.39 is 11.9 Å². The van der Waals surface area contributed by atoms with Crippen LogP contribution in [0.5, 0.6) is 5.75 Å². The fraction of sp³-hybridized carbons (Fsp3) is 0.526. The summed E-state index contributed by atoms with van der Waals surface area (Å²) >= 11 is 0. The SMILES string of the molecule is CCOc1ccc(CC(=O)N(C)CC(=O)N2CCCC(C(=O)O)C2)cc1. The molecule has 1 aromatic carbocycles.